The maximum atomic E-state index is 12.2. The lowest BCUT2D eigenvalue weighted by Crippen LogP contribution is -2.40. The summed E-state index contributed by atoms with van der Waals surface area (Å²) in [7, 11) is 0. The van der Waals surface area contributed by atoms with Gasteiger partial charge in [-0.25, -0.2) is 0 Å². The van der Waals surface area contributed by atoms with Crippen molar-refractivity contribution in [2.75, 3.05) is 0 Å². The van der Waals surface area contributed by atoms with Crippen molar-refractivity contribution in [2.45, 2.75) is 51.7 Å². The summed E-state index contributed by atoms with van der Waals surface area (Å²) < 4.78 is 0. The molecule has 1 aliphatic rings. The maximum Gasteiger partial charge on any atom is 0.258 e. The van der Waals surface area contributed by atoms with Crippen LogP contribution in [0.15, 0.2) is 42.1 Å². The molecular weight excluding hydrogens is 320 g/mol. The van der Waals surface area contributed by atoms with Gasteiger partial charge >= 0.3 is 0 Å². The Hall–Kier alpha value is -2.47. The molecule has 3 amide bonds. The lowest BCUT2D eigenvalue weighted by molar-refractivity contribution is -0.129. The van der Waals surface area contributed by atoms with Crippen molar-refractivity contribution in [1.82, 2.24) is 10.2 Å². The number of carbonyl (C=O) groups excluding carboxylic acids is 3. The Morgan fingerprint density at radius 3 is 2.44 bits per heavy atom. The van der Waals surface area contributed by atoms with Crippen LogP contribution in [0.3, 0.4) is 0 Å². The van der Waals surface area contributed by atoms with E-state index in [4.69, 9.17) is 0 Å². The van der Waals surface area contributed by atoms with Gasteiger partial charge in [-0.05, 0) is 44.7 Å². The van der Waals surface area contributed by atoms with E-state index >= 15 is 0 Å². The second-order valence-electron chi connectivity index (χ2n) is 6.36. The predicted octanol–water partition coefficient (Wildman–Crippen LogP) is 2.00. The number of hydrogen-bond acceptors (Lipinski definition) is 4. The van der Waals surface area contributed by atoms with Gasteiger partial charge in [-0.2, -0.15) is 0 Å². The van der Waals surface area contributed by atoms with E-state index in [2.05, 4.69) is 5.32 Å². The Morgan fingerprint density at radius 2 is 1.84 bits per heavy atom. The van der Waals surface area contributed by atoms with Gasteiger partial charge in [0.2, 0.25) is 5.91 Å². The van der Waals surface area contributed by atoms with Crippen LogP contribution in [0.25, 0.3) is 0 Å². The van der Waals surface area contributed by atoms with Crippen LogP contribution in [0.4, 0.5) is 0 Å². The Labute approximate surface area is 147 Å². The summed E-state index contributed by atoms with van der Waals surface area (Å²) in [5.74, 6) is -1.22. The van der Waals surface area contributed by atoms with E-state index in [9.17, 15) is 19.5 Å². The summed E-state index contributed by atoms with van der Waals surface area (Å²) in [4.78, 5) is 37.7. The second-order valence-corrected chi connectivity index (χ2v) is 6.36. The van der Waals surface area contributed by atoms with E-state index in [0.29, 0.717) is 12.0 Å². The smallest absolute Gasteiger partial charge is 0.258 e. The molecule has 2 atom stereocenters. The van der Waals surface area contributed by atoms with E-state index in [1.54, 1.807) is 37.3 Å². The molecule has 134 valence electrons. The highest BCUT2D eigenvalue weighted by molar-refractivity contribution is 6.09. The molecule has 0 saturated heterocycles. The van der Waals surface area contributed by atoms with Crippen molar-refractivity contribution in [3.05, 3.63) is 47.7 Å². The molecule has 0 unspecified atom stereocenters. The number of aliphatic hydroxyl groups excluding tert-OH is 1. The monoisotopic (exact) mass is 344 g/mol. The topological polar surface area (TPSA) is 86.7 Å². The fraction of sp³-hybridized carbons (Fsp3) is 0.421. The zero-order valence-electron chi connectivity index (χ0n) is 14.6. The average molecular weight is 344 g/mol. The SMILES string of the molecule is CC(=O)N(/C=C(/C)C(=O)NC(=O)c1ccccc1)[C@H]1CCC[C@@H](O)C1. The van der Waals surface area contributed by atoms with E-state index in [-0.39, 0.29) is 17.5 Å². The summed E-state index contributed by atoms with van der Waals surface area (Å²) in [6, 6.07) is 8.32. The largest absolute Gasteiger partial charge is 0.393 e. The average Bonchev–Trinajstić information content (AvgIpc) is 2.59. The number of nitrogens with one attached hydrogen (secondary N) is 1. The van der Waals surface area contributed by atoms with Gasteiger partial charge < -0.3 is 10.0 Å². The van der Waals surface area contributed by atoms with Crippen molar-refractivity contribution in [1.29, 1.82) is 0 Å². The molecule has 0 spiro atoms. The number of benzene rings is 1. The minimum atomic E-state index is -0.545. The van der Waals surface area contributed by atoms with Gasteiger partial charge in [0.25, 0.3) is 11.8 Å². The summed E-state index contributed by atoms with van der Waals surface area (Å²) in [6.07, 6.45) is 3.89. The fourth-order valence-electron chi connectivity index (χ4n) is 2.98. The van der Waals surface area contributed by atoms with E-state index < -0.39 is 17.9 Å². The van der Waals surface area contributed by atoms with Crippen molar-refractivity contribution < 1.29 is 19.5 Å². The van der Waals surface area contributed by atoms with Crippen LogP contribution in [0.2, 0.25) is 0 Å². The van der Waals surface area contributed by atoms with Crippen LogP contribution < -0.4 is 5.32 Å². The first-order chi connectivity index (χ1) is 11.9. The summed E-state index contributed by atoms with van der Waals surface area (Å²) in [5, 5.41) is 12.1. The van der Waals surface area contributed by atoms with Crippen molar-refractivity contribution in [3.8, 4) is 0 Å². The molecule has 1 aromatic carbocycles. The highest BCUT2D eigenvalue weighted by Crippen LogP contribution is 2.24. The molecule has 0 bridgehead atoms. The number of nitrogens with zero attached hydrogens (tertiary/aromatic N) is 1. The molecule has 1 fully saturated rings. The summed E-state index contributed by atoms with van der Waals surface area (Å²) in [6.45, 7) is 2.99. The molecule has 2 N–H and O–H groups in total. The number of imide groups is 1. The highest BCUT2D eigenvalue weighted by Gasteiger charge is 2.27. The van der Waals surface area contributed by atoms with Crippen LogP contribution in [-0.4, -0.2) is 39.9 Å². The Bertz CT molecular complexity index is 669. The first-order valence-electron chi connectivity index (χ1n) is 8.44. The molecule has 0 heterocycles. The van der Waals surface area contributed by atoms with Crippen LogP contribution in [0, 0.1) is 0 Å². The third-order valence-electron chi connectivity index (χ3n) is 4.33. The number of carbonyl (C=O) groups is 3. The Morgan fingerprint density at radius 1 is 1.16 bits per heavy atom. The van der Waals surface area contributed by atoms with Crippen LogP contribution in [-0.2, 0) is 9.59 Å². The number of amides is 3. The normalized spacial score (nSPS) is 20.7. The number of rotatable bonds is 4. The molecule has 0 aliphatic heterocycles. The van der Waals surface area contributed by atoms with Gasteiger partial charge in [-0.1, -0.05) is 18.2 Å². The number of hydrogen-bond donors (Lipinski definition) is 2. The molecular formula is C19H24N2O4. The van der Waals surface area contributed by atoms with Crippen molar-refractivity contribution in [3.63, 3.8) is 0 Å². The first kappa shape index (κ1) is 18.9. The van der Waals surface area contributed by atoms with Crippen LogP contribution >= 0.6 is 0 Å². The Kier molecular flexibility index (Phi) is 6.47. The van der Waals surface area contributed by atoms with Crippen LogP contribution in [0.5, 0.6) is 0 Å². The molecule has 0 radical (unpaired) electrons. The van der Waals surface area contributed by atoms with E-state index in [0.717, 1.165) is 19.3 Å². The first-order valence-corrected chi connectivity index (χ1v) is 8.44. The molecule has 1 aromatic rings. The third kappa shape index (κ3) is 5.26. The molecule has 1 aliphatic carbocycles. The minimum absolute atomic E-state index is 0.131. The zero-order chi connectivity index (χ0) is 18.4. The quantitative estimate of drug-likeness (QED) is 0.818. The fourth-order valence-corrected chi connectivity index (χ4v) is 2.98. The second kappa shape index (κ2) is 8.58. The predicted molar refractivity (Wildman–Crippen MR) is 93.5 cm³/mol. The molecule has 2 rings (SSSR count). The lowest BCUT2D eigenvalue weighted by atomic mass is 9.92. The van der Waals surface area contributed by atoms with E-state index in [1.165, 1.54) is 18.0 Å². The minimum Gasteiger partial charge on any atom is -0.393 e. The summed E-state index contributed by atoms with van der Waals surface area (Å²) in [5.41, 5.74) is 0.655. The highest BCUT2D eigenvalue weighted by atomic mass is 16.3. The molecule has 6 heteroatoms. The van der Waals surface area contributed by atoms with Gasteiger partial charge in [-0.3, -0.25) is 19.7 Å². The van der Waals surface area contributed by atoms with Crippen molar-refractivity contribution >= 4 is 17.7 Å². The van der Waals surface area contributed by atoms with Gasteiger partial charge in [0, 0.05) is 30.3 Å². The molecule has 0 aromatic heterocycles. The third-order valence-corrected chi connectivity index (χ3v) is 4.33. The van der Waals surface area contributed by atoms with Gasteiger partial charge in [0.1, 0.15) is 0 Å². The van der Waals surface area contributed by atoms with E-state index in [1.807, 2.05) is 0 Å². The number of aliphatic hydroxyl groups is 1. The molecule has 25 heavy (non-hydrogen) atoms. The zero-order valence-corrected chi connectivity index (χ0v) is 14.6. The Balaban J connectivity index is 2.07. The van der Waals surface area contributed by atoms with Gasteiger partial charge in [0.15, 0.2) is 0 Å². The van der Waals surface area contributed by atoms with Crippen LogP contribution in [0.1, 0.15) is 49.9 Å². The van der Waals surface area contributed by atoms with Crippen molar-refractivity contribution in [2.24, 2.45) is 0 Å². The van der Waals surface area contributed by atoms with Gasteiger partial charge in [0.05, 0.1) is 6.10 Å². The standard InChI is InChI=1S/C19H24N2O4/c1-13(18(24)20-19(25)15-7-4-3-5-8-15)12-21(14(2)22)16-9-6-10-17(23)11-16/h3-5,7-8,12,16-17,23H,6,9-11H2,1-2H3,(H,20,24,25)/b13-12-/t16-,17+/m0/s1. The van der Waals surface area contributed by atoms with Gasteiger partial charge in [-0.15, -0.1) is 0 Å². The maximum absolute atomic E-state index is 12.2. The lowest BCUT2D eigenvalue weighted by Gasteiger charge is -2.33. The molecule has 1 saturated carbocycles. The summed E-state index contributed by atoms with van der Waals surface area (Å²) >= 11 is 0. The molecule has 6 nitrogen and oxygen atoms in total.